The highest BCUT2D eigenvalue weighted by atomic mass is 32.1. The summed E-state index contributed by atoms with van der Waals surface area (Å²) < 4.78 is 9.29. The average Bonchev–Trinajstić information content (AvgIpc) is 2.93. The van der Waals surface area contributed by atoms with Crippen molar-refractivity contribution >= 4 is 22.4 Å². The molecule has 6 heteroatoms. The van der Waals surface area contributed by atoms with Gasteiger partial charge in [-0.2, -0.15) is 4.37 Å². The maximum Gasteiger partial charge on any atom is 0.209 e. The molecule has 0 spiro atoms. The average molecular weight is 264 g/mol. The molecule has 2 rings (SSSR count). The Bertz CT molecular complexity index is 475. The lowest BCUT2D eigenvalue weighted by Gasteiger charge is -2.21. The van der Waals surface area contributed by atoms with Crippen molar-refractivity contribution in [3.63, 3.8) is 0 Å². The third-order valence-corrected chi connectivity index (χ3v) is 3.22. The summed E-state index contributed by atoms with van der Waals surface area (Å²) in [5.41, 5.74) is 6.62. The van der Waals surface area contributed by atoms with Crippen molar-refractivity contribution in [2.24, 2.45) is 5.73 Å². The van der Waals surface area contributed by atoms with E-state index in [2.05, 4.69) is 14.3 Å². The van der Waals surface area contributed by atoms with E-state index < -0.39 is 0 Å². The molecule has 18 heavy (non-hydrogen) atoms. The van der Waals surface area contributed by atoms with Crippen LogP contribution >= 0.6 is 11.5 Å². The van der Waals surface area contributed by atoms with E-state index in [1.807, 2.05) is 24.3 Å². The number of hydrogen-bond donors (Lipinski definition) is 1. The molecule has 1 aromatic carbocycles. The molecule has 0 aliphatic heterocycles. The largest absolute Gasteiger partial charge is 0.497 e. The fourth-order valence-electron chi connectivity index (χ4n) is 1.65. The van der Waals surface area contributed by atoms with Crippen LogP contribution in [0.1, 0.15) is 6.42 Å². The first-order valence-corrected chi connectivity index (χ1v) is 6.51. The van der Waals surface area contributed by atoms with E-state index in [1.54, 1.807) is 13.4 Å². The molecule has 0 unspecified atom stereocenters. The molecule has 0 aliphatic rings. The Morgan fingerprint density at radius 3 is 3.00 bits per heavy atom. The zero-order chi connectivity index (χ0) is 12.8. The zero-order valence-corrected chi connectivity index (χ0v) is 11.1. The fourth-order valence-corrected chi connectivity index (χ4v) is 2.23. The predicted octanol–water partition coefficient (Wildman–Crippen LogP) is 2.03. The minimum absolute atomic E-state index is 0.652. The Balaban J connectivity index is 2.27. The fraction of sp³-hybridized carbons (Fsp3) is 0.333. The molecule has 2 aromatic rings. The lowest BCUT2D eigenvalue weighted by atomic mass is 10.2. The molecule has 0 radical (unpaired) electrons. The number of rotatable bonds is 6. The van der Waals surface area contributed by atoms with Crippen molar-refractivity contribution in [3.8, 4) is 5.75 Å². The quantitative estimate of drug-likeness (QED) is 0.865. The van der Waals surface area contributed by atoms with Crippen LogP contribution in [-0.4, -0.2) is 29.6 Å². The van der Waals surface area contributed by atoms with E-state index in [9.17, 15) is 0 Å². The van der Waals surface area contributed by atoms with Gasteiger partial charge in [0.05, 0.1) is 7.11 Å². The Morgan fingerprint density at radius 1 is 1.44 bits per heavy atom. The standard InChI is InChI=1S/C12H16N4OS/c1-17-11-5-2-4-10(8-11)16(7-3-6-13)12-14-9-15-18-12/h2,4-5,8-9H,3,6-7,13H2,1H3. The smallest absolute Gasteiger partial charge is 0.209 e. The van der Waals surface area contributed by atoms with Gasteiger partial charge in [-0.15, -0.1) is 0 Å². The van der Waals surface area contributed by atoms with E-state index in [4.69, 9.17) is 10.5 Å². The van der Waals surface area contributed by atoms with Crippen LogP contribution < -0.4 is 15.4 Å². The molecule has 0 aliphatic carbocycles. The summed E-state index contributed by atoms with van der Waals surface area (Å²) in [6, 6.07) is 7.90. The van der Waals surface area contributed by atoms with Gasteiger partial charge in [0.15, 0.2) is 0 Å². The molecule has 1 heterocycles. The molecular formula is C12H16N4OS. The maximum atomic E-state index is 5.58. The van der Waals surface area contributed by atoms with Gasteiger partial charge >= 0.3 is 0 Å². The third kappa shape index (κ3) is 2.96. The summed E-state index contributed by atoms with van der Waals surface area (Å²) in [6.07, 6.45) is 2.46. The number of ether oxygens (including phenoxy) is 1. The van der Waals surface area contributed by atoms with E-state index in [0.29, 0.717) is 6.54 Å². The van der Waals surface area contributed by atoms with Gasteiger partial charge in [-0.05, 0) is 25.1 Å². The number of aromatic nitrogens is 2. The number of hydrogen-bond acceptors (Lipinski definition) is 6. The third-order valence-electron chi connectivity index (χ3n) is 2.53. The minimum Gasteiger partial charge on any atom is -0.497 e. The second-order valence-electron chi connectivity index (χ2n) is 3.72. The van der Waals surface area contributed by atoms with Crippen LogP contribution in [0.3, 0.4) is 0 Å². The molecule has 2 N–H and O–H groups in total. The number of anilines is 2. The van der Waals surface area contributed by atoms with E-state index >= 15 is 0 Å². The van der Waals surface area contributed by atoms with Crippen molar-refractivity contribution in [3.05, 3.63) is 30.6 Å². The van der Waals surface area contributed by atoms with Gasteiger partial charge in [-0.1, -0.05) is 6.07 Å². The normalized spacial score (nSPS) is 10.3. The highest BCUT2D eigenvalue weighted by molar-refractivity contribution is 7.09. The van der Waals surface area contributed by atoms with Crippen LogP contribution in [-0.2, 0) is 0 Å². The molecular weight excluding hydrogens is 248 g/mol. The van der Waals surface area contributed by atoms with Crippen LogP contribution in [0.25, 0.3) is 0 Å². The highest BCUT2D eigenvalue weighted by Gasteiger charge is 2.12. The van der Waals surface area contributed by atoms with Crippen LogP contribution in [0.4, 0.5) is 10.8 Å². The number of nitrogens with zero attached hydrogens (tertiary/aromatic N) is 3. The molecule has 5 nitrogen and oxygen atoms in total. The van der Waals surface area contributed by atoms with Crippen molar-refractivity contribution in [2.45, 2.75) is 6.42 Å². The van der Waals surface area contributed by atoms with Gasteiger partial charge in [0, 0.05) is 29.8 Å². The molecule has 1 aromatic heterocycles. The Labute approximate surface area is 110 Å². The minimum atomic E-state index is 0.652. The van der Waals surface area contributed by atoms with E-state index in [1.165, 1.54) is 11.5 Å². The molecule has 0 fully saturated rings. The van der Waals surface area contributed by atoms with Gasteiger partial charge in [-0.3, -0.25) is 0 Å². The summed E-state index contributed by atoms with van der Waals surface area (Å²) in [4.78, 5) is 6.36. The number of methoxy groups -OCH3 is 1. The second kappa shape index (κ2) is 6.32. The first-order chi connectivity index (χ1) is 8.85. The first kappa shape index (κ1) is 12.8. The maximum absolute atomic E-state index is 5.58. The summed E-state index contributed by atoms with van der Waals surface area (Å²) in [5.74, 6) is 0.828. The van der Waals surface area contributed by atoms with Crippen molar-refractivity contribution < 1.29 is 4.74 Å². The van der Waals surface area contributed by atoms with Crippen molar-refractivity contribution in [2.75, 3.05) is 25.1 Å². The summed E-state index contributed by atoms with van der Waals surface area (Å²) >= 11 is 1.37. The Morgan fingerprint density at radius 2 is 2.33 bits per heavy atom. The summed E-state index contributed by atoms with van der Waals surface area (Å²) in [5, 5.41) is 0.872. The number of benzene rings is 1. The van der Waals surface area contributed by atoms with Gasteiger partial charge in [0.1, 0.15) is 12.1 Å². The zero-order valence-electron chi connectivity index (χ0n) is 10.2. The van der Waals surface area contributed by atoms with Crippen molar-refractivity contribution in [1.82, 2.24) is 9.36 Å². The molecule has 0 bridgehead atoms. The topological polar surface area (TPSA) is 64.3 Å². The van der Waals surface area contributed by atoms with E-state index in [-0.39, 0.29) is 0 Å². The SMILES string of the molecule is COc1cccc(N(CCCN)c2ncns2)c1. The van der Waals surface area contributed by atoms with Gasteiger partial charge in [0.2, 0.25) is 5.13 Å². The molecule has 0 saturated heterocycles. The van der Waals surface area contributed by atoms with Gasteiger partial charge in [0.25, 0.3) is 0 Å². The first-order valence-electron chi connectivity index (χ1n) is 5.73. The Hall–Kier alpha value is -1.66. The molecule has 0 amide bonds. The summed E-state index contributed by atoms with van der Waals surface area (Å²) in [7, 11) is 1.66. The van der Waals surface area contributed by atoms with Crippen molar-refractivity contribution in [1.29, 1.82) is 0 Å². The van der Waals surface area contributed by atoms with Crippen LogP contribution in [0.2, 0.25) is 0 Å². The number of nitrogens with two attached hydrogens (primary N) is 1. The molecule has 0 atom stereocenters. The van der Waals surface area contributed by atoms with E-state index in [0.717, 1.165) is 29.5 Å². The lowest BCUT2D eigenvalue weighted by Crippen LogP contribution is -2.20. The van der Waals surface area contributed by atoms with Crippen LogP contribution in [0, 0.1) is 0 Å². The Kier molecular flexibility index (Phi) is 4.49. The summed E-state index contributed by atoms with van der Waals surface area (Å²) in [6.45, 7) is 1.47. The lowest BCUT2D eigenvalue weighted by molar-refractivity contribution is 0.415. The van der Waals surface area contributed by atoms with Crippen LogP contribution in [0.15, 0.2) is 30.6 Å². The van der Waals surface area contributed by atoms with Crippen LogP contribution in [0.5, 0.6) is 5.75 Å². The van der Waals surface area contributed by atoms with Gasteiger partial charge < -0.3 is 15.4 Å². The second-order valence-corrected chi connectivity index (χ2v) is 4.48. The highest BCUT2D eigenvalue weighted by Crippen LogP contribution is 2.28. The predicted molar refractivity (Wildman–Crippen MR) is 73.6 cm³/mol. The molecule has 0 saturated carbocycles. The van der Waals surface area contributed by atoms with Gasteiger partial charge in [-0.25, -0.2) is 4.98 Å². The monoisotopic (exact) mass is 264 g/mol. The molecule has 96 valence electrons.